The van der Waals surface area contributed by atoms with Crippen LogP contribution >= 0.6 is 11.8 Å². The first-order valence-corrected chi connectivity index (χ1v) is 7.60. The summed E-state index contributed by atoms with van der Waals surface area (Å²) in [6.07, 6.45) is 5.59. The highest BCUT2D eigenvalue weighted by Gasteiger charge is 2.27. The number of carbonyl (C=O) groups is 1. The quantitative estimate of drug-likeness (QED) is 0.825. The molecule has 4 heteroatoms. The molecule has 2 rings (SSSR count). The molecule has 0 aromatic heterocycles. The van der Waals surface area contributed by atoms with E-state index >= 15 is 0 Å². The molecular formula is C14H20N2OS. The number of hydrogen-bond donors (Lipinski definition) is 2. The number of thioether (sulfide) groups is 1. The van der Waals surface area contributed by atoms with Crippen LogP contribution in [0.4, 0.5) is 5.69 Å². The molecule has 2 atom stereocenters. The lowest BCUT2D eigenvalue weighted by molar-refractivity contribution is 0.0938. The topological polar surface area (TPSA) is 55.1 Å². The molecule has 0 bridgehead atoms. The number of carbonyl (C=O) groups excluding carboxylic acids is 1. The van der Waals surface area contributed by atoms with Crippen LogP contribution in [0.5, 0.6) is 0 Å². The maximum absolute atomic E-state index is 12.2. The molecule has 0 radical (unpaired) electrons. The van der Waals surface area contributed by atoms with Gasteiger partial charge in [0.1, 0.15) is 0 Å². The van der Waals surface area contributed by atoms with Gasteiger partial charge >= 0.3 is 0 Å². The molecule has 1 aromatic rings. The molecule has 3 N–H and O–H groups in total. The van der Waals surface area contributed by atoms with Gasteiger partial charge in [-0.15, -0.1) is 0 Å². The van der Waals surface area contributed by atoms with Crippen LogP contribution in [0.2, 0.25) is 0 Å². The summed E-state index contributed by atoms with van der Waals surface area (Å²) < 4.78 is 0. The molecule has 0 heterocycles. The van der Waals surface area contributed by atoms with Crippen LogP contribution in [0.3, 0.4) is 0 Å². The van der Waals surface area contributed by atoms with Crippen molar-refractivity contribution in [3.05, 3.63) is 29.3 Å². The lowest BCUT2D eigenvalue weighted by Gasteiger charge is -2.19. The second-order valence-corrected chi connectivity index (χ2v) is 5.99. The van der Waals surface area contributed by atoms with Gasteiger partial charge in [-0.3, -0.25) is 4.79 Å². The predicted octanol–water partition coefficient (Wildman–Crippen LogP) is 2.59. The van der Waals surface area contributed by atoms with E-state index < -0.39 is 0 Å². The van der Waals surface area contributed by atoms with Gasteiger partial charge in [0, 0.05) is 22.5 Å². The van der Waals surface area contributed by atoms with Gasteiger partial charge < -0.3 is 11.1 Å². The lowest BCUT2D eigenvalue weighted by Crippen LogP contribution is -2.38. The third kappa shape index (κ3) is 2.99. The zero-order chi connectivity index (χ0) is 13.1. The number of nitrogens with two attached hydrogens (primary N) is 1. The first-order chi connectivity index (χ1) is 8.60. The Hall–Kier alpha value is -1.16. The third-order valence-corrected chi connectivity index (χ3v) is 4.60. The Labute approximate surface area is 113 Å². The van der Waals surface area contributed by atoms with E-state index in [0.717, 1.165) is 12.0 Å². The number of hydrogen-bond acceptors (Lipinski definition) is 3. The molecule has 0 aliphatic heterocycles. The van der Waals surface area contributed by atoms with E-state index in [0.29, 0.717) is 22.5 Å². The molecule has 1 amide bonds. The first-order valence-electron chi connectivity index (χ1n) is 6.31. The monoisotopic (exact) mass is 264 g/mol. The molecule has 1 aromatic carbocycles. The Bertz CT molecular complexity index is 427. The summed E-state index contributed by atoms with van der Waals surface area (Å²) in [4.78, 5) is 12.2. The molecule has 0 saturated heterocycles. The number of nitrogens with one attached hydrogen (secondary N) is 1. The summed E-state index contributed by atoms with van der Waals surface area (Å²) in [5.41, 5.74) is 8.11. The van der Waals surface area contributed by atoms with E-state index in [1.807, 2.05) is 30.8 Å². The van der Waals surface area contributed by atoms with Crippen LogP contribution in [-0.2, 0) is 0 Å². The van der Waals surface area contributed by atoms with E-state index in [9.17, 15) is 4.79 Å². The highest BCUT2D eigenvalue weighted by atomic mass is 32.2. The van der Waals surface area contributed by atoms with Gasteiger partial charge in [-0.1, -0.05) is 6.42 Å². The van der Waals surface area contributed by atoms with Crippen LogP contribution < -0.4 is 11.1 Å². The molecule has 18 heavy (non-hydrogen) atoms. The van der Waals surface area contributed by atoms with Gasteiger partial charge in [-0.2, -0.15) is 11.8 Å². The Morgan fingerprint density at radius 3 is 2.83 bits per heavy atom. The molecule has 0 spiro atoms. The second kappa shape index (κ2) is 5.65. The number of benzene rings is 1. The summed E-state index contributed by atoms with van der Waals surface area (Å²) in [7, 11) is 0. The van der Waals surface area contributed by atoms with Crippen molar-refractivity contribution in [1.82, 2.24) is 5.32 Å². The minimum atomic E-state index is -0.00338. The van der Waals surface area contributed by atoms with E-state index in [1.54, 1.807) is 6.07 Å². The summed E-state index contributed by atoms with van der Waals surface area (Å²) in [5.74, 6) is -0.00338. The van der Waals surface area contributed by atoms with Gasteiger partial charge in [0.2, 0.25) is 0 Å². The largest absolute Gasteiger partial charge is 0.399 e. The maximum atomic E-state index is 12.2. The van der Waals surface area contributed by atoms with Crippen LogP contribution in [-0.4, -0.2) is 23.5 Å². The number of aryl methyl sites for hydroxylation is 1. The van der Waals surface area contributed by atoms with Crippen molar-refractivity contribution in [2.24, 2.45) is 0 Å². The standard InChI is InChI=1S/C14H20N2OS/c1-9-6-10(8-11(15)7-9)14(17)16-12-4-3-5-13(12)18-2/h6-8,12-13H,3-5,15H2,1-2H3,(H,16,17). The van der Waals surface area contributed by atoms with Crippen molar-refractivity contribution in [2.75, 3.05) is 12.0 Å². The molecule has 2 unspecified atom stereocenters. The van der Waals surface area contributed by atoms with Gasteiger partial charge in [0.25, 0.3) is 5.91 Å². The van der Waals surface area contributed by atoms with Crippen molar-refractivity contribution in [3.8, 4) is 0 Å². The summed E-state index contributed by atoms with van der Waals surface area (Å²) in [6.45, 7) is 1.95. The normalized spacial score (nSPS) is 23.0. The fourth-order valence-corrected chi connectivity index (χ4v) is 3.50. The average Bonchev–Trinajstić information content (AvgIpc) is 2.75. The van der Waals surface area contributed by atoms with Gasteiger partial charge in [0.15, 0.2) is 0 Å². The lowest BCUT2D eigenvalue weighted by atomic mass is 10.1. The maximum Gasteiger partial charge on any atom is 0.251 e. The smallest absolute Gasteiger partial charge is 0.251 e. The Morgan fingerprint density at radius 1 is 1.39 bits per heavy atom. The number of amides is 1. The predicted molar refractivity (Wildman–Crippen MR) is 78.0 cm³/mol. The Kier molecular flexibility index (Phi) is 4.17. The van der Waals surface area contributed by atoms with Gasteiger partial charge in [0.05, 0.1) is 0 Å². The van der Waals surface area contributed by atoms with Crippen molar-refractivity contribution in [3.63, 3.8) is 0 Å². The molecule has 1 saturated carbocycles. The highest BCUT2D eigenvalue weighted by molar-refractivity contribution is 7.99. The summed E-state index contributed by atoms with van der Waals surface area (Å²) in [6, 6.07) is 5.80. The fraction of sp³-hybridized carbons (Fsp3) is 0.500. The minimum Gasteiger partial charge on any atom is -0.399 e. The molecule has 1 fully saturated rings. The van der Waals surface area contributed by atoms with Gasteiger partial charge in [-0.05, 0) is 49.8 Å². The Balaban J connectivity index is 2.07. The second-order valence-electron chi connectivity index (χ2n) is 4.92. The third-order valence-electron chi connectivity index (χ3n) is 3.43. The first kappa shape index (κ1) is 13.3. The minimum absolute atomic E-state index is 0.00338. The van der Waals surface area contributed by atoms with Crippen LogP contribution in [0, 0.1) is 6.92 Å². The molecule has 1 aliphatic rings. The highest BCUT2D eigenvalue weighted by Crippen LogP contribution is 2.28. The van der Waals surface area contributed by atoms with Crippen LogP contribution in [0.25, 0.3) is 0 Å². The molecule has 3 nitrogen and oxygen atoms in total. The summed E-state index contributed by atoms with van der Waals surface area (Å²) >= 11 is 1.84. The zero-order valence-electron chi connectivity index (χ0n) is 10.9. The van der Waals surface area contributed by atoms with Crippen molar-refractivity contribution in [2.45, 2.75) is 37.5 Å². The van der Waals surface area contributed by atoms with Crippen LogP contribution in [0.15, 0.2) is 18.2 Å². The molecule has 1 aliphatic carbocycles. The van der Waals surface area contributed by atoms with Crippen molar-refractivity contribution >= 4 is 23.4 Å². The number of nitrogen functional groups attached to an aromatic ring is 1. The van der Waals surface area contributed by atoms with Gasteiger partial charge in [-0.25, -0.2) is 0 Å². The zero-order valence-corrected chi connectivity index (χ0v) is 11.7. The van der Waals surface area contributed by atoms with E-state index in [4.69, 9.17) is 5.73 Å². The van der Waals surface area contributed by atoms with Crippen molar-refractivity contribution in [1.29, 1.82) is 0 Å². The SMILES string of the molecule is CSC1CCCC1NC(=O)c1cc(C)cc(N)c1. The van der Waals surface area contributed by atoms with Crippen LogP contribution in [0.1, 0.15) is 35.2 Å². The van der Waals surface area contributed by atoms with E-state index in [-0.39, 0.29) is 5.91 Å². The number of anilines is 1. The fourth-order valence-electron chi connectivity index (χ4n) is 2.57. The summed E-state index contributed by atoms with van der Waals surface area (Å²) in [5, 5.41) is 3.69. The van der Waals surface area contributed by atoms with E-state index in [1.165, 1.54) is 12.8 Å². The molecule has 98 valence electrons. The molecular weight excluding hydrogens is 244 g/mol. The average molecular weight is 264 g/mol. The number of rotatable bonds is 3. The Morgan fingerprint density at radius 2 is 2.17 bits per heavy atom. The van der Waals surface area contributed by atoms with E-state index in [2.05, 4.69) is 11.6 Å². The van der Waals surface area contributed by atoms with Crippen molar-refractivity contribution < 1.29 is 4.79 Å².